The number of methoxy groups -OCH3 is 1. The molecule has 0 heterocycles. The number of hydrogen-bond acceptors (Lipinski definition) is 4. The summed E-state index contributed by atoms with van der Waals surface area (Å²) in [6.07, 6.45) is 1.81. The van der Waals surface area contributed by atoms with Gasteiger partial charge in [-0.05, 0) is 13.5 Å². The number of ether oxygens (including phenoxy) is 2. The van der Waals surface area contributed by atoms with E-state index in [1.807, 2.05) is 0 Å². The molecule has 0 aromatic carbocycles. The summed E-state index contributed by atoms with van der Waals surface area (Å²) >= 11 is 4.81. The van der Waals surface area contributed by atoms with Gasteiger partial charge in [-0.2, -0.15) is 0 Å². The standard InChI is InChI=1S/C10H22N2O2S/c1-12(6-4-10(11)15)5-3-7-14-9-8-13-2/h3-9H2,1-2H3,(H2,11,15). The minimum absolute atomic E-state index is 0.582. The molecule has 0 aliphatic heterocycles. The van der Waals surface area contributed by atoms with E-state index in [0.717, 1.165) is 32.5 Å². The van der Waals surface area contributed by atoms with E-state index in [9.17, 15) is 0 Å². The van der Waals surface area contributed by atoms with Gasteiger partial charge in [-0.3, -0.25) is 0 Å². The van der Waals surface area contributed by atoms with Crippen molar-refractivity contribution in [3.63, 3.8) is 0 Å². The Hall–Kier alpha value is -0.230. The first kappa shape index (κ1) is 14.8. The fourth-order valence-electron chi connectivity index (χ4n) is 1.09. The fourth-order valence-corrected chi connectivity index (χ4v) is 1.18. The zero-order valence-electron chi connectivity index (χ0n) is 9.70. The van der Waals surface area contributed by atoms with Crippen LogP contribution >= 0.6 is 12.2 Å². The lowest BCUT2D eigenvalue weighted by molar-refractivity contribution is 0.0664. The van der Waals surface area contributed by atoms with E-state index >= 15 is 0 Å². The fraction of sp³-hybridized carbons (Fsp3) is 0.900. The highest BCUT2D eigenvalue weighted by Gasteiger charge is 1.98. The molecule has 15 heavy (non-hydrogen) atoms. The number of hydrogen-bond donors (Lipinski definition) is 1. The molecule has 0 saturated heterocycles. The Kier molecular flexibility index (Phi) is 10.1. The first-order chi connectivity index (χ1) is 7.16. The van der Waals surface area contributed by atoms with E-state index in [1.54, 1.807) is 7.11 Å². The van der Waals surface area contributed by atoms with Crippen LogP contribution < -0.4 is 5.73 Å². The number of nitrogens with zero attached hydrogens (tertiary/aromatic N) is 1. The molecule has 0 amide bonds. The van der Waals surface area contributed by atoms with Gasteiger partial charge in [0.15, 0.2) is 0 Å². The van der Waals surface area contributed by atoms with Crippen molar-refractivity contribution in [3.05, 3.63) is 0 Å². The maximum atomic E-state index is 5.42. The number of thiocarbonyl (C=S) groups is 1. The monoisotopic (exact) mass is 234 g/mol. The summed E-state index contributed by atoms with van der Waals surface area (Å²) in [7, 11) is 3.74. The smallest absolute Gasteiger partial charge is 0.0740 e. The van der Waals surface area contributed by atoms with E-state index in [2.05, 4.69) is 11.9 Å². The Balaban J connectivity index is 3.16. The summed E-state index contributed by atoms with van der Waals surface area (Å²) in [5.41, 5.74) is 5.42. The summed E-state index contributed by atoms with van der Waals surface area (Å²) in [5.74, 6) is 0. The second-order valence-electron chi connectivity index (χ2n) is 3.48. The van der Waals surface area contributed by atoms with E-state index in [-0.39, 0.29) is 0 Å². The van der Waals surface area contributed by atoms with E-state index < -0.39 is 0 Å². The van der Waals surface area contributed by atoms with Crippen LogP contribution in [0.3, 0.4) is 0 Å². The summed E-state index contributed by atoms with van der Waals surface area (Å²) in [6.45, 7) is 4.05. The third-order valence-corrected chi connectivity index (χ3v) is 2.20. The third-order valence-electron chi connectivity index (χ3n) is 2.00. The molecule has 90 valence electrons. The molecule has 0 unspecified atom stereocenters. The molecule has 0 bridgehead atoms. The lowest BCUT2D eigenvalue weighted by Gasteiger charge is -2.15. The Bertz CT molecular complexity index is 168. The predicted molar refractivity (Wildman–Crippen MR) is 66.2 cm³/mol. The zero-order chi connectivity index (χ0) is 11.5. The van der Waals surface area contributed by atoms with Crippen LogP contribution in [0.25, 0.3) is 0 Å². The van der Waals surface area contributed by atoms with Crippen molar-refractivity contribution in [2.75, 3.05) is 47.1 Å². The summed E-state index contributed by atoms with van der Waals surface area (Å²) in [5, 5.41) is 0. The third kappa shape index (κ3) is 11.7. The van der Waals surface area contributed by atoms with Crippen LogP contribution in [0.1, 0.15) is 12.8 Å². The molecule has 0 spiro atoms. The van der Waals surface area contributed by atoms with Gasteiger partial charge >= 0.3 is 0 Å². The minimum Gasteiger partial charge on any atom is -0.393 e. The molecule has 2 N–H and O–H groups in total. The first-order valence-electron chi connectivity index (χ1n) is 5.20. The molecular weight excluding hydrogens is 212 g/mol. The maximum absolute atomic E-state index is 5.42. The van der Waals surface area contributed by atoms with Crippen LogP contribution in [-0.2, 0) is 9.47 Å². The van der Waals surface area contributed by atoms with Crippen molar-refractivity contribution >= 4 is 17.2 Å². The van der Waals surface area contributed by atoms with Crippen LogP contribution in [0.4, 0.5) is 0 Å². The van der Waals surface area contributed by atoms with E-state index in [4.69, 9.17) is 27.4 Å². The Morgan fingerprint density at radius 2 is 2.00 bits per heavy atom. The van der Waals surface area contributed by atoms with Gasteiger partial charge in [0.2, 0.25) is 0 Å². The summed E-state index contributed by atoms with van der Waals surface area (Å²) < 4.78 is 10.2. The number of nitrogens with two attached hydrogens (primary N) is 1. The van der Waals surface area contributed by atoms with Crippen molar-refractivity contribution in [1.82, 2.24) is 4.90 Å². The highest BCUT2D eigenvalue weighted by Crippen LogP contribution is 1.91. The lowest BCUT2D eigenvalue weighted by Crippen LogP contribution is -2.25. The van der Waals surface area contributed by atoms with Crippen LogP contribution in [0.2, 0.25) is 0 Å². The van der Waals surface area contributed by atoms with Gasteiger partial charge in [0.05, 0.1) is 18.2 Å². The van der Waals surface area contributed by atoms with Gasteiger partial charge in [0.1, 0.15) is 0 Å². The average Bonchev–Trinajstić information content (AvgIpc) is 2.20. The Morgan fingerprint density at radius 1 is 1.27 bits per heavy atom. The zero-order valence-corrected chi connectivity index (χ0v) is 10.5. The van der Waals surface area contributed by atoms with Gasteiger partial charge in [0, 0.05) is 33.2 Å². The van der Waals surface area contributed by atoms with Gasteiger partial charge in [-0.15, -0.1) is 0 Å². The molecule has 0 atom stereocenters. The Morgan fingerprint density at radius 3 is 2.60 bits per heavy atom. The molecule has 0 rings (SSSR count). The highest BCUT2D eigenvalue weighted by molar-refractivity contribution is 7.80. The molecule has 0 radical (unpaired) electrons. The predicted octanol–water partition coefficient (Wildman–Crippen LogP) is 0.648. The van der Waals surface area contributed by atoms with Crippen molar-refractivity contribution in [2.24, 2.45) is 5.73 Å². The second kappa shape index (κ2) is 10.3. The average molecular weight is 234 g/mol. The second-order valence-corrected chi connectivity index (χ2v) is 4.00. The van der Waals surface area contributed by atoms with Crippen molar-refractivity contribution in [2.45, 2.75) is 12.8 Å². The van der Waals surface area contributed by atoms with Crippen LogP contribution in [0.5, 0.6) is 0 Å². The molecule has 0 aliphatic carbocycles. The number of rotatable bonds is 10. The highest BCUT2D eigenvalue weighted by atomic mass is 32.1. The molecule has 0 aliphatic rings. The maximum Gasteiger partial charge on any atom is 0.0740 e. The van der Waals surface area contributed by atoms with E-state index in [0.29, 0.717) is 18.2 Å². The molecular formula is C10H22N2O2S. The summed E-state index contributed by atoms with van der Waals surface area (Å²) in [6, 6.07) is 0. The molecule has 0 aromatic rings. The van der Waals surface area contributed by atoms with Crippen LogP contribution in [-0.4, -0.2) is 57.0 Å². The minimum atomic E-state index is 0.582. The van der Waals surface area contributed by atoms with Crippen molar-refractivity contribution < 1.29 is 9.47 Å². The van der Waals surface area contributed by atoms with Crippen LogP contribution in [0.15, 0.2) is 0 Å². The largest absolute Gasteiger partial charge is 0.393 e. The van der Waals surface area contributed by atoms with Gasteiger partial charge in [0.25, 0.3) is 0 Å². The van der Waals surface area contributed by atoms with Gasteiger partial charge < -0.3 is 20.1 Å². The molecule has 0 fully saturated rings. The van der Waals surface area contributed by atoms with Gasteiger partial charge in [-0.1, -0.05) is 12.2 Å². The Labute approximate surface area is 97.7 Å². The van der Waals surface area contributed by atoms with E-state index in [1.165, 1.54) is 0 Å². The lowest BCUT2D eigenvalue weighted by atomic mass is 10.3. The molecule has 5 heteroatoms. The molecule has 0 saturated carbocycles. The van der Waals surface area contributed by atoms with Gasteiger partial charge in [-0.25, -0.2) is 0 Å². The SMILES string of the molecule is COCCOCCCN(C)CCC(N)=S. The van der Waals surface area contributed by atoms with Crippen molar-refractivity contribution in [3.8, 4) is 0 Å². The van der Waals surface area contributed by atoms with Crippen LogP contribution in [0, 0.1) is 0 Å². The topological polar surface area (TPSA) is 47.7 Å². The normalized spacial score (nSPS) is 10.9. The van der Waals surface area contributed by atoms with Crippen molar-refractivity contribution in [1.29, 1.82) is 0 Å². The molecule has 4 nitrogen and oxygen atoms in total. The molecule has 0 aromatic heterocycles. The quantitative estimate of drug-likeness (QED) is 0.444. The first-order valence-corrected chi connectivity index (χ1v) is 5.61. The summed E-state index contributed by atoms with van der Waals surface area (Å²) in [4.78, 5) is 2.79.